The zero-order valence-corrected chi connectivity index (χ0v) is 11.4. The molecule has 0 heterocycles. The van der Waals surface area contributed by atoms with E-state index < -0.39 is 6.09 Å². The first-order chi connectivity index (χ1) is 10.1. The summed E-state index contributed by atoms with van der Waals surface area (Å²) in [4.78, 5) is 14.7. The van der Waals surface area contributed by atoms with Gasteiger partial charge in [-0.05, 0) is 34.2 Å². The molecule has 0 aromatic heterocycles. The number of amides is 1. The Balaban J connectivity index is 1.84. The number of benzene rings is 2. The van der Waals surface area contributed by atoms with Crippen LogP contribution in [0, 0.1) is 0 Å². The molecular weight excluding hydrogens is 266 g/mol. The largest absolute Gasteiger partial charge is 0.443 e. The standard InChI is InChI=1S/C16H15N3O2/c17-15(18)19-16(20)21-9-11-5-3-7-13-12-6-2-1-4-10(12)8-14(11)13/h1-7H,8-9H2,(H4,17,18,19,20). The van der Waals surface area contributed by atoms with Gasteiger partial charge in [0.05, 0.1) is 0 Å². The lowest BCUT2D eigenvalue weighted by Crippen LogP contribution is -2.24. The van der Waals surface area contributed by atoms with Gasteiger partial charge in [-0.3, -0.25) is 0 Å². The van der Waals surface area contributed by atoms with Gasteiger partial charge in [0, 0.05) is 0 Å². The van der Waals surface area contributed by atoms with Crippen LogP contribution in [0.1, 0.15) is 16.7 Å². The maximum Gasteiger partial charge on any atom is 0.437 e. The number of carbonyl (C=O) groups excluding carboxylic acids is 1. The van der Waals surface area contributed by atoms with Crippen molar-refractivity contribution < 1.29 is 9.53 Å². The molecule has 5 nitrogen and oxygen atoms in total. The van der Waals surface area contributed by atoms with Crippen LogP contribution in [0.15, 0.2) is 47.5 Å². The van der Waals surface area contributed by atoms with Crippen molar-refractivity contribution >= 4 is 12.1 Å². The Morgan fingerprint density at radius 3 is 2.67 bits per heavy atom. The van der Waals surface area contributed by atoms with E-state index >= 15 is 0 Å². The average molecular weight is 281 g/mol. The van der Waals surface area contributed by atoms with E-state index in [-0.39, 0.29) is 12.6 Å². The van der Waals surface area contributed by atoms with E-state index in [2.05, 4.69) is 23.2 Å². The van der Waals surface area contributed by atoms with Crippen LogP contribution in [0.4, 0.5) is 4.79 Å². The first-order valence-electron chi connectivity index (χ1n) is 6.60. The summed E-state index contributed by atoms with van der Waals surface area (Å²) in [6.45, 7) is 0.159. The van der Waals surface area contributed by atoms with Crippen LogP contribution < -0.4 is 11.5 Å². The van der Waals surface area contributed by atoms with Crippen LogP contribution in [-0.4, -0.2) is 12.1 Å². The van der Waals surface area contributed by atoms with Crippen molar-refractivity contribution in [1.29, 1.82) is 0 Å². The molecule has 0 fully saturated rings. The number of nitrogens with zero attached hydrogens (tertiary/aromatic N) is 1. The van der Waals surface area contributed by atoms with E-state index in [1.54, 1.807) is 0 Å². The SMILES string of the molecule is NC(N)=NC(=O)OCc1cccc2c1Cc1ccccc1-2. The molecule has 21 heavy (non-hydrogen) atoms. The van der Waals surface area contributed by atoms with Gasteiger partial charge >= 0.3 is 6.09 Å². The van der Waals surface area contributed by atoms with Gasteiger partial charge in [-0.15, -0.1) is 4.99 Å². The average Bonchev–Trinajstić information content (AvgIpc) is 2.83. The number of aliphatic imine (C=N–C) groups is 1. The zero-order valence-electron chi connectivity index (χ0n) is 11.4. The smallest absolute Gasteiger partial charge is 0.437 e. The fourth-order valence-corrected chi connectivity index (χ4v) is 2.64. The van der Waals surface area contributed by atoms with E-state index in [9.17, 15) is 4.79 Å². The van der Waals surface area contributed by atoms with Gasteiger partial charge in [0.25, 0.3) is 0 Å². The summed E-state index contributed by atoms with van der Waals surface area (Å²) in [5.41, 5.74) is 16.2. The lowest BCUT2D eigenvalue weighted by atomic mass is 10.0. The number of hydrogen-bond donors (Lipinski definition) is 2. The van der Waals surface area contributed by atoms with E-state index in [4.69, 9.17) is 16.2 Å². The molecule has 4 N–H and O–H groups in total. The number of fused-ring (bicyclic) bond motifs is 3. The molecule has 0 atom stereocenters. The van der Waals surface area contributed by atoms with Crippen molar-refractivity contribution in [2.24, 2.45) is 16.5 Å². The Bertz CT molecular complexity index is 734. The monoisotopic (exact) mass is 281 g/mol. The quantitative estimate of drug-likeness (QED) is 0.556. The Morgan fingerprint density at radius 2 is 1.86 bits per heavy atom. The summed E-state index contributed by atoms with van der Waals surface area (Å²) in [5, 5.41) is 0. The first-order valence-corrected chi connectivity index (χ1v) is 6.60. The lowest BCUT2D eigenvalue weighted by Gasteiger charge is -2.08. The van der Waals surface area contributed by atoms with Crippen molar-refractivity contribution in [2.45, 2.75) is 13.0 Å². The molecule has 0 aliphatic heterocycles. The minimum absolute atomic E-state index is 0.159. The lowest BCUT2D eigenvalue weighted by molar-refractivity contribution is 0.150. The molecule has 0 spiro atoms. The Hall–Kier alpha value is -2.82. The third-order valence-electron chi connectivity index (χ3n) is 3.52. The first kappa shape index (κ1) is 13.2. The van der Waals surface area contributed by atoms with Crippen LogP contribution in [0.2, 0.25) is 0 Å². The molecule has 3 rings (SSSR count). The van der Waals surface area contributed by atoms with Crippen molar-refractivity contribution in [3.63, 3.8) is 0 Å². The molecule has 0 radical (unpaired) electrons. The zero-order chi connectivity index (χ0) is 14.8. The maximum atomic E-state index is 11.4. The van der Waals surface area contributed by atoms with E-state index in [1.807, 2.05) is 24.3 Å². The highest BCUT2D eigenvalue weighted by atomic mass is 16.5. The predicted molar refractivity (Wildman–Crippen MR) is 80.7 cm³/mol. The molecule has 0 saturated heterocycles. The fraction of sp³-hybridized carbons (Fsp3) is 0.125. The molecule has 1 aliphatic carbocycles. The van der Waals surface area contributed by atoms with Crippen LogP contribution in [0.5, 0.6) is 0 Å². The second-order valence-electron chi connectivity index (χ2n) is 4.87. The highest BCUT2D eigenvalue weighted by Crippen LogP contribution is 2.38. The topological polar surface area (TPSA) is 90.7 Å². The van der Waals surface area contributed by atoms with Gasteiger partial charge in [0.15, 0.2) is 5.96 Å². The molecule has 0 bridgehead atoms. The molecule has 1 aliphatic rings. The van der Waals surface area contributed by atoms with Crippen LogP contribution in [-0.2, 0) is 17.8 Å². The van der Waals surface area contributed by atoms with Gasteiger partial charge in [0.1, 0.15) is 6.61 Å². The van der Waals surface area contributed by atoms with Crippen molar-refractivity contribution in [1.82, 2.24) is 0 Å². The normalized spacial score (nSPS) is 11.4. The summed E-state index contributed by atoms with van der Waals surface area (Å²) < 4.78 is 5.08. The fourth-order valence-electron chi connectivity index (χ4n) is 2.64. The van der Waals surface area contributed by atoms with Crippen molar-refractivity contribution in [3.05, 3.63) is 59.2 Å². The van der Waals surface area contributed by atoms with Crippen LogP contribution >= 0.6 is 0 Å². The van der Waals surface area contributed by atoms with Crippen molar-refractivity contribution in [3.8, 4) is 11.1 Å². The predicted octanol–water partition coefficient (Wildman–Crippen LogP) is 2.17. The van der Waals surface area contributed by atoms with Gasteiger partial charge in [-0.2, -0.15) is 0 Å². The number of hydrogen-bond acceptors (Lipinski definition) is 2. The highest BCUT2D eigenvalue weighted by Gasteiger charge is 2.20. The third-order valence-corrected chi connectivity index (χ3v) is 3.52. The molecule has 0 saturated carbocycles. The summed E-state index contributed by atoms with van der Waals surface area (Å²) in [7, 11) is 0. The van der Waals surface area contributed by atoms with E-state index in [0.717, 1.165) is 12.0 Å². The summed E-state index contributed by atoms with van der Waals surface area (Å²) in [5.74, 6) is -0.300. The summed E-state index contributed by atoms with van der Waals surface area (Å²) in [6.07, 6.45) is 0.0738. The number of ether oxygens (including phenoxy) is 1. The number of rotatable bonds is 2. The Labute approximate surface area is 122 Å². The second-order valence-corrected chi connectivity index (χ2v) is 4.87. The molecule has 2 aromatic carbocycles. The molecular formula is C16H15N3O2. The summed E-state index contributed by atoms with van der Waals surface area (Å²) in [6, 6.07) is 14.3. The number of nitrogens with two attached hydrogens (primary N) is 2. The van der Waals surface area contributed by atoms with Gasteiger partial charge in [-0.1, -0.05) is 42.5 Å². The van der Waals surface area contributed by atoms with Crippen LogP contribution in [0.25, 0.3) is 11.1 Å². The van der Waals surface area contributed by atoms with E-state index in [1.165, 1.54) is 22.3 Å². The second kappa shape index (κ2) is 5.28. The molecule has 2 aromatic rings. The number of guanidine groups is 1. The minimum Gasteiger partial charge on any atom is -0.443 e. The minimum atomic E-state index is -0.775. The van der Waals surface area contributed by atoms with Gasteiger partial charge in [-0.25, -0.2) is 4.79 Å². The highest BCUT2D eigenvalue weighted by molar-refractivity contribution is 5.88. The number of carbonyl (C=O) groups is 1. The van der Waals surface area contributed by atoms with E-state index in [0.29, 0.717) is 0 Å². The molecule has 0 unspecified atom stereocenters. The summed E-state index contributed by atoms with van der Waals surface area (Å²) >= 11 is 0. The van der Waals surface area contributed by atoms with Gasteiger partial charge in [0.2, 0.25) is 0 Å². The van der Waals surface area contributed by atoms with Gasteiger partial charge < -0.3 is 16.2 Å². The molecule has 5 heteroatoms. The third kappa shape index (κ3) is 2.58. The molecule has 106 valence electrons. The van der Waals surface area contributed by atoms with Crippen molar-refractivity contribution in [2.75, 3.05) is 0 Å². The Kier molecular flexibility index (Phi) is 3.31. The maximum absolute atomic E-state index is 11.4. The molecule has 1 amide bonds. The van der Waals surface area contributed by atoms with Crippen LogP contribution in [0.3, 0.4) is 0 Å². The Morgan fingerprint density at radius 1 is 1.10 bits per heavy atom.